The Bertz CT molecular complexity index is 389. The molecule has 0 aromatic heterocycles. The van der Waals surface area contributed by atoms with Crippen molar-refractivity contribution in [2.45, 2.75) is 44.6 Å². The maximum Gasteiger partial charge on any atom is 0.0596 e. The highest BCUT2D eigenvalue weighted by Crippen LogP contribution is 2.38. The zero-order chi connectivity index (χ0) is 13.0. The van der Waals surface area contributed by atoms with Gasteiger partial charge in [0.1, 0.15) is 0 Å². The lowest BCUT2D eigenvalue weighted by atomic mass is 9.87. The monoisotopic (exact) mass is 330 g/mol. The maximum atomic E-state index is 6.38. The summed E-state index contributed by atoms with van der Waals surface area (Å²) in [6, 6.07) is 6.22. The Labute approximate surface area is 122 Å². The first-order valence-corrected chi connectivity index (χ1v) is 7.81. The van der Waals surface area contributed by atoms with Gasteiger partial charge >= 0.3 is 0 Å². The molecule has 18 heavy (non-hydrogen) atoms. The molecule has 1 saturated carbocycles. The molecule has 1 aromatic carbocycles. The summed E-state index contributed by atoms with van der Waals surface area (Å²) in [5.74, 6) is 6.37. The van der Waals surface area contributed by atoms with E-state index >= 15 is 0 Å². The van der Waals surface area contributed by atoms with E-state index in [9.17, 15) is 0 Å². The molecular formula is C14H20BrClN2. The van der Waals surface area contributed by atoms with Crippen LogP contribution in [-0.2, 0) is 0 Å². The summed E-state index contributed by atoms with van der Waals surface area (Å²) in [5, 5.41) is 0.782. The number of rotatable bonds is 3. The number of hydrogen-bond acceptors (Lipinski definition) is 2. The van der Waals surface area contributed by atoms with Gasteiger partial charge in [-0.15, -0.1) is 0 Å². The van der Waals surface area contributed by atoms with E-state index in [0.29, 0.717) is 5.92 Å². The molecule has 1 fully saturated rings. The Morgan fingerprint density at radius 3 is 2.50 bits per heavy atom. The minimum Gasteiger partial charge on any atom is -0.271 e. The van der Waals surface area contributed by atoms with Crippen molar-refractivity contribution < 1.29 is 0 Å². The first-order chi connectivity index (χ1) is 8.74. The minimum absolute atomic E-state index is 0.160. The number of hydrogen-bond donors (Lipinski definition) is 2. The third-order valence-electron chi connectivity index (χ3n) is 3.87. The van der Waals surface area contributed by atoms with Crippen molar-refractivity contribution in [3.8, 4) is 0 Å². The second-order valence-electron chi connectivity index (χ2n) is 5.04. The minimum atomic E-state index is 0.160. The third-order valence-corrected chi connectivity index (χ3v) is 5.18. The van der Waals surface area contributed by atoms with Crippen LogP contribution in [0.15, 0.2) is 22.7 Å². The predicted molar refractivity (Wildman–Crippen MR) is 80.4 cm³/mol. The van der Waals surface area contributed by atoms with E-state index in [1.54, 1.807) is 0 Å². The first-order valence-electron chi connectivity index (χ1n) is 6.64. The lowest BCUT2D eigenvalue weighted by Gasteiger charge is -2.27. The van der Waals surface area contributed by atoms with Crippen LogP contribution < -0.4 is 11.3 Å². The molecule has 0 aliphatic heterocycles. The van der Waals surface area contributed by atoms with Gasteiger partial charge in [0.05, 0.1) is 11.1 Å². The fourth-order valence-electron chi connectivity index (χ4n) is 2.88. The Morgan fingerprint density at radius 1 is 1.22 bits per heavy atom. The molecule has 0 amide bonds. The highest BCUT2D eigenvalue weighted by Gasteiger charge is 2.25. The number of nitrogens with one attached hydrogen (secondary N) is 1. The van der Waals surface area contributed by atoms with Gasteiger partial charge in [-0.1, -0.05) is 49.4 Å². The third kappa shape index (κ3) is 3.27. The van der Waals surface area contributed by atoms with E-state index in [2.05, 4.69) is 27.4 Å². The fraction of sp³-hybridized carbons (Fsp3) is 0.571. The molecule has 100 valence electrons. The zero-order valence-corrected chi connectivity index (χ0v) is 12.8. The number of benzene rings is 1. The molecule has 4 heteroatoms. The van der Waals surface area contributed by atoms with E-state index in [-0.39, 0.29) is 6.04 Å². The van der Waals surface area contributed by atoms with Gasteiger partial charge < -0.3 is 0 Å². The Balaban J connectivity index is 2.23. The normalized spacial score (nSPS) is 19.5. The van der Waals surface area contributed by atoms with Crippen molar-refractivity contribution in [2.75, 3.05) is 0 Å². The number of nitrogens with two attached hydrogens (primary N) is 1. The van der Waals surface area contributed by atoms with Gasteiger partial charge in [0.15, 0.2) is 0 Å². The number of halogens is 2. The van der Waals surface area contributed by atoms with Gasteiger partial charge in [0.25, 0.3) is 0 Å². The predicted octanol–water partition coefficient (Wildman–Crippen LogP) is 4.58. The maximum absolute atomic E-state index is 6.38. The largest absolute Gasteiger partial charge is 0.271 e. The Morgan fingerprint density at radius 2 is 1.89 bits per heavy atom. The fourth-order valence-corrected chi connectivity index (χ4v) is 3.51. The summed E-state index contributed by atoms with van der Waals surface area (Å²) < 4.78 is 0.940. The van der Waals surface area contributed by atoms with E-state index in [4.69, 9.17) is 17.4 Å². The molecule has 0 radical (unpaired) electrons. The highest BCUT2D eigenvalue weighted by atomic mass is 79.9. The van der Waals surface area contributed by atoms with Gasteiger partial charge in [0.2, 0.25) is 0 Å². The lowest BCUT2D eigenvalue weighted by molar-refractivity contribution is 0.329. The Hall–Kier alpha value is -0.0900. The van der Waals surface area contributed by atoms with Crippen LogP contribution in [0, 0.1) is 5.92 Å². The molecule has 0 heterocycles. The highest BCUT2D eigenvalue weighted by molar-refractivity contribution is 9.10. The van der Waals surface area contributed by atoms with Gasteiger partial charge in [-0.05, 0) is 46.3 Å². The van der Waals surface area contributed by atoms with Crippen LogP contribution in [0.4, 0.5) is 0 Å². The van der Waals surface area contributed by atoms with Crippen LogP contribution in [0.25, 0.3) is 0 Å². The van der Waals surface area contributed by atoms with E-state index in [1.807, 2.05) is 12.1 Å². The van der Waals surface area contributed by atoms with E-state index in [1.165, 1.54) is 38.5 Å². The van der Waals surface area contributed by atoms with Crippen molar-refractivity contribution in [3.05, 3.63) is 33.3 Å². The average Bonchev–Trinajstić information content (AvgIpc) is 2.64. The van der Waals surface area contributed by atoms with E-state index in [0.717, 1.165) is 15.1 Å². The van der Waals surface area contributed by atoms with Crippen LogP contribution in [0.2, 0.25) is 5.02 Å². The standard InChI is InChI=1S/C14H20BrClN2/c15-12-9-5-8-11(13(12)16)14(18-17)10-6-3-1-2-4-7-10/h5,8-10,14,18H,1-4,6-7,17H2. The van der Waals surface area contributed by atoms with Crippen LogP contribution >= 0.6 is 27.5 Å². The first kappa shape index (κ1) is 14.3. The van der Waals surface area contributed by atoms with Crippen LogP contribution in [0.1, 0.15) is 50.1 Å². The van der Waals surface area contributed by atoms with Crippen molar-refractivity contribution in [1.29, 1.82) is 0 Å². The van der Waals surface area contributed by atoms with Gasteiger partial charge in [0, 0.05) is 4.47 Å². The van der Waals surface area contributed by atoms with Gasteiger partial charge in [-0.25, -0.2) is 0 Å². The van der Waals surface area contributed by atoms with Gasteiger partial charge in [-0.2, -0.15) is 0 Å². The summed E-state index contributed by atoms with van der Waals surface area (Å²) in [4.78, 5) is 0. The molecule has 1 atom stereocenters. The Kier molecular flexibility index (Phi) is 5.49. The quantitative estimate of drug-likeness (QED) is 0.483. The van der Waals surface area contributed by atoms with Crippen molar-refractivity contribution in [2.24, 2.45) is 11.8 Å². The number of hydrazine groups is 1. The zero-order valence-electron chi connectivity index (χ0n) is 10.5. The average molecular weight is 332 g/mol. The molecule has 0 saturated heterocycles. The summed E-state index contributed by atoms with van der Waals surface area (Å²) in [6.45, 7) is 0. The van der Waals surface area contributed by atoms with Crippen LogP contribution in [0.5, 0.6) is 0 Å². The summed E-state index contributed by atoms with van der Waals surface area (Å²) in [6.07, 6.45) is 7.76. The topological polar surface area (TPSA) is 38.0 Å². The summed E-state index contributed by atoms with van der Waals surface area (Å²) in [5.41, 5.74) is 4.09. The molecule has 0 bridgehead atoms. The van der Waals surface area contributed by atoms with E-state index < -0.39 is 0 Å². The molecule has 1 aliphatic rings. The van der Waals surface area contributed by atoms with Crippen molar-refractivity contribution >= 4 is 27.5 Å². The molecule has 1 aliphatic carbocycles. The van der Waals surface area contributed by atoms with Crippen LogP contribution in [-0.4, -0.2) is 0 Å². The SMILES string of the molecule is NNC(c1cccc(Br)c1Cl)C1CCCCCC1. The van der Waals surface area contributed by atoms with Crippen LogP contribution in [0.3, 0.4) is 0 Å². The molecule has 1 unspecified atom stereocenters. The second-order valence-corrected chi connectivity index (χ2v) is 6.27. The molecule has 0 spiro atoms. The molecular weight excluding hydrogens is 312 g/mol. The summed E-state index contributed by atoms with van der Waals surface area (Å²) in [7, 11) is 0. The lowest BCUT2D eigenvalue weighted by Crippen LogP contribution is -2.33. The molecule has 2 rings (SSSR count). The van der Waals surface area contributed by atoms with Crippen molar-refractivity contribution in [1.82, 2.24) is 5.43 Å². The molecule has 2 nitrogen and oxygen atoms in total. The second kappa shape index (κ2) is 6.90. The molecule has 1 aromatic rings. The smallest absolute Gasteiger partial charge is 0.0596 e. The molecule has 3 N–H and O–H groups in total. The summed E-state index contributed by atoms with van der Waals surface area (Å²) >= 11 is 9.87. The van der Waals surface area contributed by atoms with Crippen molar-refractivity contribution in [3.63, 3.8) is 0 Å². The van der Waals surface area contributed by atoms with Gasteiger partial charge in [-0.3, -0.25) is 11.3 Å².